The SMILES string of the molecule is CCc1ccc(NC(=O)C(C)N2CCN(S(=O)(=O)N3CCCCCC3)CC2)cc1. The second kappa shape index (κ2) is 10.0. The molecule has 2 fully saturated rings. The van der Waals surface area contributed by atoms with Crippen LogP contribution in [0.15, 0.2) is 24.3 Å². The maximum atomic E-state index is 13.0. The third-order valence-electron chi connectivity index (χ3n) is 6.05. The fraction of sp³-hybridized carbons (Fsp3) is 0.667. The number of anilines is 1. The highest BCUT2D eigenvalue weighted by molar-refractivity contribution is 7.86. The number of carbonyl (C=O) groups excluding carboxylic acids is 1. The molecule has 2 heterocycles. The van der Waals surface area contributed by atoms with E-state index in [1.165, 1.54) is 5.56 Å². The van der Waals surface area contributed by atoms with Gasteiger partial charge < -0.3 is 5.32 Å². The quantitative estimate of drug-likeness (QED) is 0.764. The van der Waals surface area contributed by atoms with Crippen LogP contribution in [0, 0.1) is 0 Å². The van der Waals surface area contributed by atoms with E-state index in [0.717, 1.165) is 37.8 Å². The van der Waals surface area contributed by atoms with E-state index in [9.17, 15) is 13.2 Å². The third kappa shape index (κ3) is 5.57. The highest BCUT2D eigenvalue weighted by Crippen LogP contribution is 2.19. The number of hydrogen-bond donors (Lipinski definition) is 1. The molecule has 3 rings (SSSR count). The van der Waals surface area contributed by atoms with Gasteiger partial charge in [0.15, 0.2) is 0 Å². The molecule has 162 valence electrons. The van der Waals surface area contributed by atoms with Crippen molar-refractivity contribution in [2.24, 2.45) is 0 Å². The van der Waals surface area contributed by atoms with Gasteiger partial charge in [0.2, 0.25) is 5.91 Å². The zero-order valence-corrected chi connectivity index (χ0v) is 18.5. The maximum absolute atomic E-state index is 13.0. The number of benzene rings is 1. The Morgan fingerprint density at radius 1 is 0.931 bits per heavy atom. The molecule has 1 aromatic rings. The molecule has 0 spiro atoms. The first-order chi connectivity index (χ1) is 13.9. The maximum Gasteiger partial charge on any atom is 0.282 e. The van der Waals surface area contributed by atoms with E-state index in [2.05, 4.69) is 17.1 Å². The average Bonchev–Trinajstić information content (AvgIpc) is 3.04. The first kappa shape index (κ1) is 22.2. The fourth-order valence-electron chi connectivity index (χ4n) is 3.99. The van der Waals surface area contributed by atoms with Crippen molar-refractivity contribution in [2.75, 3.05) is 44.6 Å². The smallest absolute Gasteiger partial charge is 0.282 e. The summed E-state index contributed by atoms with van der Waals surface area (Å²) >= 11 is 0. The average molecular weight is 423 g/mol. The minimum absolute atomic E-state index is 0.0573. The highest BCUT2D eigenvalue weighted by Gasteiger charge is 2.34. The number of carbonyl (C=O) groups is 1. The predicted molar refractivity (Wildman–Crippen MR) is 116 cm³/mol. The summed E-state index contributed by atoms with van der Waals surface area (Å²) in [5, 5.41) is 2.97. The van der Waals surface area contributed by atoms with Crippen LogP contribution in [0.4, 0.5) is 5.69 Å². The summed E-state index contributed by atoms with van der Waals surface area (Å²) < 4.78 is 29.1. The van der Waals surface area contributed by atoms with Crippen LogP contribution in [0.25, 0.3) is 0 Å². The van der Waals surface area contributed by atoms with Gasteiger partial charge in [0, 0.05) is 45.0 Å². The Bertz CT molecular complexity index is 766. The molecule has 0 bridgehead atoms. The van der Waals surface area contributed by atoms with Gasteiger partial charge in [-0.05, 0) is 43.9 Å². The van der Waals surface area contributed by atoms with Gasteiger partial charge in [0.25, 0.3) is 10.2 Å². The molecule has 2 aliphatic heterocycles. The van der Waals surface area contributed by atoms with Gasteiger partial charge in [0.1, 0.15) is 0 Å². The molecule has 0 saturated carbocycles. The molecule has 29 heavy (non-hydrogen) atoms. The molecule has 2 aliphatic rings. The molecule has 0 aliphatic carbocycles. The minimum atomic E-state index is -3.39. The minimum Gasteiger partial charge on any atom is -0.325 e. The number of nitrogens with zero attached hydrogens (tertiary/aromatic N) is 3. The van der Waals surface area contributed by atoms with Crippen molar-refractivity contribution in [3.63, 3.8) is 0 Å². The normalized spacial score (nSPS) is 21.4. The van der Waals surface area contributed by atoms with E-state index >= 15 is 0 Å². The van der Waals surface area contributed by atoms with E-state index in [-0.39, 0.29) is 11.9 Å². The Kier molecular flexibility index (Phi) is 7.67. The predicted octanol–water partition coefficient (Wildman–Crippen LogP) is 2.31. The lowest BCUT2D eigenvalue weighted by molar-refractivity contribution is -0.121. The van der Waals surface area contributed by atoms with E-state index < -0.39 is 10.2 Å². The lowest BCUT2D eigenvalue weighted by Gasteiger charge is -2.38. The molecule has 2 saturated heterocycles. The van der Waals surface area contributed by atoms with Gasteiger partial charge in [-0.2, -0.15) is 17.0 Å². The van der Waals surface area contributed by atoms with E-state index in [1.807, 2.05) is 31.2 Å². The first-order valence-electron chi connectivity index (χ1n) is 10.8. The molecule has 1 unspecified atom stereocenters. The van der Waals surface area contributed by atoms with Crippen molar-refractivity contribution in [3.05, 3.63) is 29.8 Å². The van der Waals surface area contributed by atoms with Crippen molar-refractivity contribution in [1.82, 2.24) is 13.5 Å². The molecule has 0 radical (unpaired) electrons. The van der Waals surface area contributed by atoms with Gasteiger partial charge in [-0.25, -0.2) is 0 Å². The number of rotatable bonds is 6. The second-order valence-electron chi connectivity index (χ2n) is 7.97. The van der Waals surface area contributed by atoms with E-state index in [4.69, 9.17) is 0 Å². The summed E-state index contributed by atoms with van der Waals surface area (Å²) in [6.45, 7) is 7.23. The summed E-state index contributed by atoms with van der Waals surface area (Å²) in [5.41, 5.74) is 2.03. The first-order valence-corrected chi connectivity index (χ1v) is 12.2. The summed E-state index contributed by atoms with van der Waals surface area (Å²) in [4.78, 5) is 14.7. The number of aryl methyl sites for hydroxylation is 1. The van der Waals surface area contributed by atoms with Gasteiger partial charge in [-0.15, -0.1) is 0 Å². The van der Waals surface area contributed by atoms with Crippen LogP contribution in [0.5, 0.6) is 0 Å². The van der Waals surface area contributed by atoms with E-state index in [0.29, 0.717) is 39.3 Å². The molecule has 1 atom stereocenters. The summed E-state index contributed by atoms with van der Waals surface area (Å²) in [6.07, 6.45) is 5.06. The topological polar surface area (TPSA) is 73.0 Å². The largest absolute Gasteiger partial charge is 0.325 e. The van der Waals surface area contributed by atoms with E-state index in [1.54, 1.807) is 8.61 Å². The van der Waals surface area contributed by atoms with Crippen LogP contribution in [-0.2, 0) is 21.4 Å². The molecular weight excluding hydrogens is 388 g/mol. The van der Waals surface area contributed by atoms with Gasteiger partial charge in [-0.3, -0.25) is 9.69 Å². The standard InChI is InChI=1S/C21H34N4O3S/c1-3-19-8-10-20(11-9-19)22-21(26)18(2)23-14-16-25(17-15-23)29(27,28)24-12-6-4-5-7-13-24/h8-11,18H,3-7,12-17H2,1-2H3,(H,22,26). The lowest BCUT2D eigenvalue weighted by Crippen LogP contribution is -2.56. The van der Waals surface area contributed by atoms with Crippen molar-refractivity contribution >= 4 is 21.8 Å². The van der Waals surface area contributed by atoms with Gasteiger partial charge in [-0.1, -0.05) is 31.9 Å². The zero-order valence-electron chi connectivity index (χ0n) is 17.6. The Morgan fingerprint density at radius 2 is 1.48 bits per heavy atom. The summed E-state index contributed by atoms with van der Waals surface area (Å²) in [7, 11) is -3.39. The molecule has 7 nitrogen and oxygen atoms in total. The van der Waals surface area contributed by atoms with Crippen LogP contribution in [0.3, 0.4) is 0 Å². The molecule has 1 amide bonds. The number of amides is 1. The summed E-state index contributed by atoms with van der Waals surface area (Å²) in [5.74, 6) is -0.0573. The third-order valence-corrected chi connectivity index (χ3v) is 8.08. The van der Waals surface area contributed by atoms with Gasteiger partial charge in [0.05, 0.1) is 6.04 Å². The highest BCUT2D eigenvalue weighted by atomic mass is 32.2. The molecule has 1 aromatic carbocycles. The number of piperazine rings is 1. The monoisotopic (exact) mass is 422 g/mol. The number of hydrogen-bond acceptors (Lipinski definition) is 4. The van der Waals surface area contributed by atoms with Crippen molar-refractivity contribution in [1.29, 1.82) is 0 Å². The molecular formula is C21H34N4O3S. The molecule has 8 heteroatoms. The van der Waals surface area contributed by atoms with Crippen molar-refractivity contribution < 1.29 is 13.2 Å². The Morgan fingerprint density at radius 3 is 2.03 bits per heavy atom. The number of nitrogens with one attached hydrogen (secondary N) is 1. The molecule has 1 N–H and O–H groups in total. The van der Waals surface area contributed by atoms with Crippen LogP contribution in [-0.4, -0.2) is 73.1 Å². The van der Waals surface area contributed by atoms with Gasteiger partial charge >= 0.3 is 0 Å². The Hall–Kier alpha value is -1.48. The van der Waals surface area contributed by atoms with Crippen LogP contribution in [0.2, 0.25) is 0 Å². The van der Waals surface area contributed by atoms with Crippen LogP contribution < -0.4 is 5.32 Å². The fourth-order valence-corrected chi connectivity index (χ4v) is 5.66. The Balaban J connectivity index is 1.52. The summed E-state index contributed by atoms with van der Waals surface area (Å²) in [6, 6.07) is 7.59. The zero-order chi connectivity index (χ0) is 20.9. The van der Waals surface area contributed by atoms with Crippen LogP contribution >= 0.6 is 0 Å². The molecule has 0 aromatic heterocycles. The van der Waals surface area contributed by atoms with Crippen LogP contribution in [0.1, 0.15) is 45.1 Å². The van der Waals surface area contributed by atoms with Crippen molar-refractivity contribution in [2.45, 2.75) is 52.0 Å². The lowest BCUT2D eigenvalue weighted by atomic mass is 10.1. The second-order valence-corrected chi connectivity index (χ2v) is 9.90. The van der Waals surface area contributed by atoms with Crippen molar-refractivity contribution in [3.8, 4) is 0 Å². The Labute approximate surface area is 175 Å².